The van der Waals surface area contributed by atoms with Crippen LogP contribution in [0.4, 0.5) is 18.9 Å². The Hall–Kier alpha value is -1.72. The molecule has 0 bridgehead atoms. The molecule has 0 unspecified atom stereocenters. The van der Waals surface area contributed by atoms with Gasteiger partial charge in [-0.2, -0.15) is 13.2 Å². The predicted molar refractivity (Wildman–Crippen MR) is 42.5 cm³/mol. The smallest absolute Gasteiger partial charge is 0.418 e. The van der Waals surface area contributed by atoms with Crippen molar-refractivity contribution < 1.29 is 22.7 Å². The number of benzene rings is 1. The Morgan fingerprint density at radius 1 is 1.29 bits per heavy atom. The van der Waals surface area contributed by atoms with Gasteiger partial charge in [-0.3, -0.25) is 0 Å². The van der Waals surface area contributed by atoms with Gasteiger partial charge in [0.15, 0.2) is 5.75 Å². The topological polar surface area (TPSA) is 52.3 Å². The molecule has 1 aromatic rings. The van der Waals surface area contributed by atoms with Crippen molar-refractivity contribution >= 4 is 11.7 Å². The predicted octanol–water partition coefficient (Wildman–Crippen LogP) is 1.74. The first-order valence-corrected chi connectivity index (χ1v) is 3.55. The summed E-state index contributed by atoms with van der Waals surface area (Å²) >= 11 is 0. The molecule has 6 heteroatoms. The summed E-state index contributed by atoms with van der Waals surface area (Å²) in [7, 11) is 0. The molecule has 0 aliphatic rings. The molecule has 1 aromatic carbocycles. The van der Waals surface area contributed by atoms with E-state index in [0.717, 1.165) is 0 Å². The highest BCUT2D eigenvalue weighted by Gasteiger charge is 2.41. The van der Waals surface area contributed by atoms with Gasteiger partial charge in [0.05, 0.1) is 5.69 Å². The van der Waals surface area contributed by atoms with Crippen LogP contribution in [-0.4, -0.2) is 12.1 Å². The van der Waals surface area contributed by atoms with Crippen LogP contribution in [0, 0.1) is 0 Å². The van der Waals surface area contributed by atoms with Crippen molar-refractivity contribution in [2.24, 2.45) is 0 Å². The first-order chi connectivity index (χ1) is 6.41. The Balaban J connectivity index is 2.80. The number of hydrogen-bond donors (Lipinski definition) is 1. The fourth-order valence-electron chi connectivity index (χ4n) is 0.731. The fourth-order valence-corrected chi connectivity index (χ4v) is 0.731. The van der Waals surface area contributed by atoms with Crippen LogP contribution >= 0.6 is 0 Å². The lowest BCUT2D eigenvalue weighted by Gasteiger charge is -2.08. The maximum absolute atomic E-state index is 11.8. The number of anilines is 1. The highest BCUT2D eigenvalue weighted by Crippen LogP contribution is 2.24. The van der Waals surface area contributed by atoms with Crippen LogP contribution in [0.25, 0.3) is 0 Å². The number of carbonyl (C=O) groups is 1. The van der Waals surface area contributed by atoms with Gasteiger partial charge in [0.1, 0.15) is 0 Å². The molecule has 0 saturated heterocycles. The van der Waals surface area contributed by atoms with Crippen molar-refractivity contribution in [1.82, 2.24) is 0 Å². The molecule has 0 spiro atoms. The quantitative estimate of drug-likeness (QED) is 0.431. The average molecular weight is 205 g/mol. The summed E-state index contributed by atoms with van der Waals surface area (Å²) in [6.45, 7) is 0. The van der Waals surface area contributed by atoms with E-state index in [1.165, 1.54) is 24.3 Å². The van der Waals surface area contributed by atoms with E-state index < -0.39 is 12.1 Å². The number of hydrogen-bond acceptors (Lipinski definition) is 3. The van der Waals surface area contributed by atoms with Gasteiger partial charge in [-0.15, -0.1) is 0 Å². The number of para-hydroxylation sites is 2. The number of carbonyl (C=O) groups excluding carboxylic acids is 1. The second kappa shape index (κ2) is 3.57. The molecule has 76 valence electrons. The summed E-state index contributed by atoms with van der Waals surface area (Å²) < 4.78 is 39.3. The van der Waals surface area contributed by atoms with Gasteiger partial charge in [0.2, 0.25) is 0 Å². The van der Waals surface area contributed by atoms with Gasteiger partial charge in [-0.1, -0.05) is 12.1 Å². The maximum Gasteiger partial charge on any atom is 0.491 e. The van der Waals surface area contributed by atoms with Crippen LogP contribution in [0.5, 0.6) is 5.75 Å². The zero-order chi connectivity index (χ0) is 10.8. The standard InChI is InChI=1S/C8H6F3NO2/c9-8(10,11)7(13)14-6-4-2-1-3-5(6)12/h1-4H,12H2. The molecule has 0 atom stereocenters. The van der Waals surface area contributed by atoms with Crippen molar-refractivity contribution in [3.05, 3.63) is 24.3 Å². The molecule has 3 nitrogen and oxygen atoms in total. The van der Waals surface area contributed by atoms with Gasteiger partial charge in [0, 0.05) is 0 Å². The SMILES string of the molecule is Nc1ccccc1OC(=O)C(F)(F)F. The Bertz CT molecular complexity index is 349. The lowest BCUT2D eigenvalue weighted by molar-refractivity contribution is -0.189. The van der Waals surface area contributed by atoms with E-state index in [1.54, 1.807) is 0 Å². The summed E-state index contributed by atoms with van der Waals surface area (Å²) in [4.78, 5) is 10.4. The minimum atomic E-state index is -5.01. The van der Waals surface area contributed by atoms with Crippen LogP contribution in [0.3, 0.4) is 0 Å². The van der Waals surface area contributed by atoms with Crippen molar-refractivity contribution in [3.8, 4) is 5.75 Å². The molecule has 0 fully saturated rings. The third kappa shape index (κ3) is 2.38. The molecule has 1 rings (SSSR count). The first kappa shape index (κ1) is 10.4. The normalized spacial score (nSPS) is 11.1. The largest absolute Gasteiger partial charge is 0.491 e. The third-order valence-electron chi connectivity index (χ3n) is 1.35. The van der Waals surface area contributed by atoms with Crippen molar-refractivity contribution in [3.63, 3.8) is 0 Å². The monoisotopic (exact) mass is 205 g/mol. The second-order valence-electron chi connectivity index (χ2n) is 2.43. The Kier molecular flexibility index (Phi) is 2.64. The molecule has 2 N–H and O–H groups in total. The number of halogens is 3. The maximum atomic E-state index is 11.8. The van der Waals surface area contributed by atoms with Crippen LogP contribution in [0.2, 0.25) is 0 Å². The van der Waals surface area contributed by atoms with Crippen molar-refractivity contribution in [1.29, 1.82) is 0 Å². The molecule has 0 heterocycles. The third-order valence-corrected chi connectivity index (χ3v) is 1.35. The van der Waals surface area contributed by atoms with Crippen LogP contribution < -0.4 is 10.5 Å². The Morgan fingerprint density at radius 2 is 1.86 bits per heavy atom. The van der Waals surface area contributed by atoms with E-state index >= 15 is 0 Å². The minimum Gasteiger partial charge on any atom is -0.418 e. The van der Waals surface area contributed by atoms with Crippen molar-refractivity contribution in [2.45, 2.75) is 6.18 Å². The molecular weight excluding hydrogens is 199 g/mol. The zero-order valence-electron chi connectivity index (χ0n) is 6.84. The minimum absolute atomic E-state index is 0.0231. The highest BCUT2D eigenvalue weighted by molar-refractivity contribution is 5.79. The number of ether oxygens (including phenoxy) is 1. The highest BCUT2D eigenvalue weighted by atomic mass is 19.4. The molecule has 0 aliphatic heterocycles. The average Bonchev–Trinajstić information content (AvgIpc) is 2.07. The number of alkyl halides is 3. The molecule has 0 aromatic heterocycles. The van der Waals surface area contributed by atoms with Gasteiger partial charge < -0.3 is 10.5 Å². The lowest BCUT2D eigenvalue weighted by Crippen LogP contribution is -2.28. The van der Waals surface area contributed by atoms with E-state index in [4.69, 9.17) is 5.73 Å². The van der Waals surface area contributed by atoms with Gasteiger partial charge in [-0.25, -0.2) is 4.79 Å². The Labute approximate surface area is 77.3 Å². The number of nitrogen functional groups attached to an aromatic ring is 1. The second-order valence-corrected chi connectivity index (χ2v) is 2.43. The fraction of sp³-hybridized carbons (Fsp3) is 0.125. The number of esters is 1. The Morgan fingerprint density at radius 3 is 2.36 bits per heavy atom. The lowest BCUT2D eigenvalue weighted by atomic mass is 10.3. The summed E-state index contributed by atoms with van der Waals surface area (Å²) in [5.74, 6) is -2.58. The summed E-state index contributed by atoms with van der Waals surface area (Å²) in [6.07, 6.45) is -5.01. The summed E-state index contributed by atoms with van der Waals surface area (Å²) in [6, 6.07) is 5.44. The van der Waals surface area contributed by atoms with E-state index in [0.29, 0.717) is 0 Å². The van der Waals surface area contributed by atoms with Crippen LogP contribution in [-0.2, 0) is 4.79 Å². The van der Waals surface area contributed by atoms with E-state index in [1.807, 2.05) is 0 Å². The van der Waals surface area contributed by atoms with Gasteiger partial charge in [0.25, 0.3) is 0 Å². The molecule has 0 radical (unpaired) electrons. The van der Waals surface area contributed by atoms with E-state index in [-0.39, 0.29) is 11.4 Å². The van der Waals surface area contributed by atoms with E-state index in [2.05, 4.69) is 4.74 Å². The number of nitrogens with two attached hydrogens (primary N) is 1. The summed E-state index contributed by atoms with van der Waals surface area (Å²) in [5, 5.41) is 0. The molecule has 0 amide bonds. The van der Waals surface area contributed by atoms with Crippen LogP contribution in [0.15, 0.2) is 24.3 Å². The summed E-state index contributed by atoms with van der Waals surface area (Å²) in [5.41, 5.74) is 5.24. The van der Waals surface area contributed by atoms with Crippen LogP contribution in [0.1, 0.15) is 0 Å². The number of rotatable bonds is 1. The molecular formula is C8H6F3NO2. The molecule has 0 saturated carbocycles. The van der Waals surface area contributed by atoms with E-state index in [9.17, 15) is 18.0 Å². The molecule has 0 aliphatic carbocycles. The van der Waals surface area contributed by atoms with Gasteiger partial charge in [-0.05, 0) is 12.1 Å². The first-order valence-electron chi connectivity index (χ1n) is 3.55. The molecule has 14 heavy (non-hydrogen) atoms. The van der Waals surface area contributed by atoms with Crippen molar-refractivity contribution in [2.75, 3.05) is 5.73 Å². The zero-order valence-corrected chi connectivity index (χ0v) is 6.84. The van der Waals surface area contributed by atoms with Gasteiger partial charge >= 0.3 is 12.1 Å².